The zero-order valence-corrected chi connectivity index (χ0v) is 9.92. The highest BCUT2D eigenvalue weighted by Crippen LogP contribution is 2.15. The SMILES string of the molecule is C[Si](C)(C)OCCCC1C=CC=C1. The highest BCUT2D eigenvalue weighted by molar-refractivity contribution is 6.69. The molecule has 1 rings (SSSR count). The molecule has 0 heterocycles. The summed E-state index contributed by atoms with van der Waals surface area (Å²) in [4.78, 5) is 0. The molecular formula is C11H20OSi. The standard InChI is InChI=1S/C11H20OSi/c1-13(2,3)12-10-6-9-11-7-4-5-8-11/h4-5,7-8,11H,6,9-10H2,1-3H3. The van der Waals surface area contributed by atoms with Gasteiger partial charge in [0.25, 0.3) is 0 Å². The van der Waals surface area contributed by atoms with Gasteiger partial charge in [0, 0.05) is 6.61 Å². The average Bonchev–Trinajstić information content (AvgIpc) is 2.48. The fourth-order valence-electron chi connectivity index (χ4n) is 1.37. The van der Waals surface area contributed by atoms with Crippen molar-refractivity contribution in [3.8, 4) is 0 Å². The van der Waals surface area contributed by atoms with Crippen LogP contribution in [0.1, 0.15) is 12.8 Å². The Hall–Kier alpha value is -0.343. The summed E-state index contributed by atoms with van der Waals surface area (Å²) in [5.41, 5.74) is 0. The summed E-state index contributed by atoms with van der Waals surface area (Å²) in [6, 6.07) is 0. The molecule has 0 radical (unpaired) electrons. The van der Waals surface area contributed by atoms with Crippen LogP contribution in [0.4, 0.5) is 0 Å². The monoisotopic (exact) mass is 196 g/mol. The Kier molecular flexibility index (Phi) is 3.94. The molecule has 0 aromatic carbocycles. The van der Waals surface area contributed by atoms with Crippen molar-refractivity contribution in [1.82, 2.24) is 0 Å². The van der Waals surface area contributed by atoms with Crippen molar-refractivity contribution in [2.75, 3.05) is 6.61 Å². The molecular weight excluding hydrogens is 176 g/mol. The van der Waals surface area contributed by atoms with Gasteiger partial charge in [-0.3, -0.25) is 0 Å². The molecule has 0 atom stereocenters. The summed E-state index contributed by atoms with van der Waals surface area (Å²) in [6.45, 7) is 7.65. The molecule has 1 aliphatic rings. The van der Waals surface area contributed by atoms with Crippen molar-refractivity contribution in [2.24, 2.45) is 5.92 Å². The maximum Gasteiger partial charge on any atom is 0.183 e. The van der Waals surface area contributed by atoms with Crippen LogP contribution in [0.3, 0.4) is 0 Å². The molecule has 2 heteroatoms. The van der Waals surface area contributed by atoms with E-state index in [1.54, 1.807) is 0 Å². The van der Waals surface area contributed by atoms with E-state index in [0.29, 0.717) is 5.92 Å². The van der Waals surface area contributed by atoms with Crippen molar-refractivity contribution in [2.45, 2.75) is 32.5 Å². The molecule has 0 spiro atoms. The van der Waals surface area contributed by atoms with Crippen molar-refractivity contribution < 1.29 is 4.43 Å². The summed E-state index contributed by atoms with van der Waals surface area (Å²) in [5.74, 6) is 0.672. The van der Waals surface area contributed by atoms with E-state index in [-0.39, 0.29) is 0 Å². The Morgan fingerprint density at radius 2 is 1.77 bits per heavy atom. The van der Waals surface area contributed by atoms with E-state index in [9.17, 15) is 0 Å². The van der Waals surface area contributed by atoms with Gasteiger partial charge in [-0.2, -0.15) is 0 Å². The summed E-state index contributed by atoms with van der Waals surface area (Å²) >= 11 is 0. The predicted octanol–water partition coefficient (Wildman–Crippen LogP) is 3.36. The molecule has 0 N–H and O–H groups in total. The first-order chi connectivity index (χ1) is 6.08. The van der Waals surface area contributed by atoms with Crippen molar-refractivity contribution in [3.63, 3.8) is 0 Å². The minimum absolute atomic E-state index is 0.672. The first-order valence-electron chi connectivity index (χ1n) is 5.07. The Labute approximate surface area is 82.6 Å². The fourth-order valence-corrected chi connectivity index (χ4v) is 2.12. The maximum absolute atomic E-state index is 5.78. The van der Waals surface area contributed by atoms with Gasteiger partial charge < -0.3 is 4.43 Å². The molecule has 0 aromatic heterocycles. The van der Waals surface area contributed by atoms with Crippen molar-refractivity contribution in [1.29, 1.82) is 0 Å². The van der Waals surface area contributed by atoms with Gasteiger partial charge in [-0.25, -0.2) is 0 Å². The van der Waals surface area contributed by atoms with E-state index in [2.05, 4.69) is 43.9 Å². The average molecular weight is 196 g/mol. The van der Waals surface area contributed by atoms with E-state index in [4.69, 9.17) is 4.43 Å². The molecule has 0 saturated carbocycles. The van der Waals surface area contributed by atoms with Crippen LogP contribution in [-0.4, -0.2) is 14.9 Å². The van der Waals surface area contributed by atoms with Gasteiger partial charge in [0.1, 0.15) is 0 Å². The second kappa shape index (κ2) is 4.77. The molecule has 0 fully saturated rings. The second-order valence-corrected chi connectivity index (χ2v) is 9.05. The van der Waals surface area contributed by atoms with Gasteiger partial charge in [-0.1, -0.05) is 24.3 Å². The van der Waals surface area contributed by atoms with E-state index in [0.717, 1.165) is 6.61 Å². The molecule has 0 unspecified atom stereocenters. The van der Waals surface area contributed by atoms with Gasteiger partial charge >= 0.3 is 0 Å². The van der Waals surface area contributed by atoms with E-state index in [1.807, 2.05) is 0 Å². The summed E-state index contributed by atoms with van der Waals surface area (Å²) < 4.78 is 5.78. The molecule has 0 saturated heterocycles. The normalized spacial score (nSPS) is 17.2. The van der Waals surface area contributed by atoms with Crippen LogP contribution < -0.4 is 0 Å². The number of rotatable bonds is 5. The highest BCUT2D eigenvalue weighted by atomic mass is 28.4. The van der Waals surface area contributed by atoms with Crippen LogP contribution in [0, 0.1) is 5.92 Å². The third kappa shape index (κ3) is 5.06. The van der Waals surface area contributed by atoms with Gasteiger partial charge in [-0.05, 0) is 38.4 Å². The molecule has 0 bridgehead atoms. The van der Waals surface area contributed by atoms with E-state index >= 15 is 0 Å². The minimum Gasteiger partial charge on any atom is -0.418 e. The fraction of sp³-hybridized carbons (Fsp3) is 0.636. The van der Waals surface area contributed by atoms with Gasteiger partial charge in [0.05, 0.1) is 0 Å². The third-order valence-corrected chi connectivity index (χ3v) is 3.11. The smallest absolute Gasteiger partial charge is 0.183 e. The van der Waals surface area contributed by atoms with Crippen LogP contribution in [0.15, 0.2) is 24.3 Å². The molecule has 13 heavy (non-hydrogen) atoms. The third-order valence-electron chi connectivity index (χ3n) is 2.04. The van der Waals surface area contributed by atoms with Crippen molar-refractivity contribution in [3.05, 3.63) is 24.3 Å². The zero-order valence-electron chi connectivity index (χ0n) is 8.92. The summed E-state index contributed by atoms with van der Waals surface area (Å²) in [6.07, 6.45) is 11.2. The van der Waals surface area contributed by atoms with Gasteiger partial charge in [0.15, 0.2) is 8.32 Å². The van der Waals surface area contributed by atoms with E-state index in [1.165, 1.54) is 12.8 Å². The van der Waals surface area contributed by atoms with Crippen LogP contribution in [0.25, 0.3) is 0 Å². The quantitative estimate of drug-likeness (QED) is 0.484. The first kappa shape index (κ1) is 10.7. The van der Waals surface area contributed by atoms with Crippen molar-refractivity contribution >= 4 is 8.32 Å². The zero-order chi connectivity index (χ0) is 9.73. The van der Waals surface area contributed by atoms with Crippen LogP contribution in [0.2, 0.25) is 19.6 Å². The van der Waals surface area contributed by atoms with Gasteiger partial charge in [-0.15, -0.1) is 0 Å². The minimum atomic E-state index is -1.27. The Morgan fingerprint density at radius 1 is 1.15 bits per heavy atom. The Bertz CT molecular complexity index is 189. The number of allylic oxidation sites excluding steroid dienone is 4. The Balaban J connectivity index is 2.01. The largest absolute Gasteiger partial charge is 0.418 e. The number of hydrogen-bond acceptors (Lipinski definition) is 1. The Morgan fingerprint density at radius 3 is 2.31 bits per heavy atom. The molecule has 0 aliphatic heterocycles. The lowest BCUT2D eigenvalue weighted by molar-refractivity contribution is 0.297. The molecule has 1 nitrogen and oxygen atoms in total. The summed E-state index contributed by atoms with van der Waals surface area (Å²) in [7, 11) is -1.27. The van der Waals surface area contributed by atoms with Crippen LogP contribution in [0.5, 0.6) is 0 Å². The van der Waals surface area contributed by atoms with Crippen LogP contribution >= 0.6 is 0 Å². The first-order valence-corrected chi connectivity index (χ1v) is 8.48. The lowest BCUT2D eigenvalue weighted by atomic mass is 10.1. The highest BCUT2D eigenvalue weighted by Gasteiger charge is 2.13. The predicted molar refractivity (Wildman–Crippen MR) is 60.3 cm³/mol. The topological polar surface area (TPSA) is 9.23 Å². The second-order valence-electron chi connectivity index (χ2n) is 4.54. The van der Waals surface area contributed by atoms with E-state index < -0.39 is 8.32 Å². The number of hydrogen-bond donors (Lipinski definition) is 0. The molecule has 0 aromatic rings. The van der Waals surface area contributed by atoms with Gasteiger partial charge in [0.2, 0.25) is 0 Å². The summed E-state index contributed by atoms with van der Waals surface area (Å²) in [5, 5.41) is 0. The lowest BCUT2D eigenvalue weighted by Gasteiger charge is -2.17. The molecule has 0 amide bonds. The van der Waals surface area contributed by atoms with Crippen LogP contribution in [-0.2, 0) is 4.43 Å². The lowest BCUT2D eigenvalue weighted by Crippen LogP contribution is -2.25. The molecule has 1 aliphatic carbocycles. The maximum atomic E-state index is 5.78. The molecule has 74 valence electrons.